The van der Waals surface area contributed by atoms with Gasteiger partial charge < -0.3 is 13.4 Å². The minimum Gasteiger partial charge on any atom is -0.456 e. The third kappa shape index (κ3) is 5.01. The Hall–Kier alpha value is -7.83. The Kier molecular flexibility index (Phi) is 6.83. The summed E-state index contributed by atoms with van der Waals surface area (Å²) in [5.74, 6) is 1.84. The topological polar surface area (TPSA) is 69.9 Å². The second-order valence-electron chi connectivity index (χ2n) is 14.4. The zero-order valence-corrected chi connectivity index (χ0v) is 30.4. The van der Waals surface area contributed by atoms with Gasteiger partial charge in [-0.2, -0.15) is 0 Å². The van der Waals surface area contributed by atoms with Gasteiger partial charge in [0.1, 0.15) is 22.3 Å². The quantitative estimate of drug-likeness (QED) is 0.176. The highest BCUT2D eigenvalue weighted by molar-refractivity contribution is 6.13. The van der Waals surface area contributed by atoms with E-state index in [0.29, 0.717) is 17.5 Å². The monoisotopic (exact) mass is 730 g/mol. The number of hydrogen-bond acceptors (Lipinski definition) is 5. The van der Waals surface area contributed by atoms with E-state index in [1.165, 1.54) is 21.8 Å². The average molecular weight is 731 g/mol. The molecule has 0 unspecified atom stereocenters. The summed E-state index contributed by atoms with van der Waals surface area (Å²) in [6, 6.07) is 62.7. The van der Waals surface area contributed by atoms with Crippen LogP contribution in [0.1, 0.15) is 0 Å². The van der Waals surface area contributed by atoms with Gasteiger partial charge in [-0.25, -0.2) is 15.0 Å². The maximum atomic E-state index is 6.55. The predicted octanol–water partition coefficient (Wildman–Crippen LogP) is 13.4. The summed E-state index contributed by atoms with van der Waals surface area (Å²) in [5.41, 5.74) is 11.6. The third-order valence-corrected chi connectivity index (χ3v) is 11.1. The molecule has 0 bridgehead atoms. The van der Waals surface area contributed by atoms with E-state index in [1.54, 1.807) is 0 Å². The summed E-state index contributed by atoms with van der Waals surface area (Å²) >= 11 is 0. The van der Waals surface area contributed by atoms with Crippen LogP contribution in [-0.4, -0.2) is 19.5 Å². The van der Waals surface area contributed by atoms with Gasteiger partial charge in [0.15, 0.2) is 17.5 Å². The van der Waals surface area contributed by atoms with Gasteiger partial charge in [-0.3, -0.25) is 0 Å². The Morgan fingerprint density at radius 2 is 0.895 bits per heavy atom. The summed E-state index contributed by atoms with van der Waals surface area (Å²) in [7, 11) is 0. The molecule has 0 radical (unpaired) electrons. The first-order valence-electron chi connectivity index (χ1n) is 19.0. The van der Waals surface area contributed by atoms with Gasteiger partial charge in [-0.1, -0.05) is 121 Å². The van der Waals surface area contributed by atoms with Crippen LogP contribution in [0.4, 0.5) is 0 Å². The summed E-state index contributed by atoms with van der Waals surface area (Å²) in [5, 5.41) is 6.61. The highest BCUT2D eigenvalue weighted by atomic mass is 16.3. The van der Waals surface area contributed by atoms with Crippen molar-refractivity contribution in [3.8, 4) is 51.0 Å². The molecule has 12 aromatic rings. The number of benzene rings is 8. The fraction of sp³-hybridized carbons (Fsp3) is 0. The minimum atomic E-state index is 0.594. The van der Waals surface area contributed by atoms with E-state index in [1.807, 2.05) is 72.8 Å². The number of furan rings is 2. The molecule has 0 saturated heterocycles. The fourth-order valence-corrected chi connectivity index (χ4v) is 8.41. The van der Waals surface area contributed by atoms with Gasteiger partial charge in [0.2, 0.25) is 0 Å². The van der Waals surface area contributed by atoms with Crippen molar-refractivity contribution >= 4 is 65.7 Å². The molecule has 0 spiro atoms. The lowest BCUT2D eigenvalue weighted by Crippen LogP contribution is -2.00. The smallest absolute Gasteiger partial charge is 0.164 e. The number of fused-ring (bicyclic) bond motifs is 9. The summed E-state index contributed by atoms with van der Waals surface area (Å²) in [4.78, 5) is 14.9. The minimum absolute atomic E-state index is 0.594. The van der Waals surface area contributed by atoms with Gasteiger partial charge in [0, 0.05) is 54.7 Å². The van der Waals surface area contributed by atoms with Gasteiger partial charge in [0.25, 0.3) is 0 Å². The molecule has 6 nitrogen and oxygen atoms in total. The van der Waals surface area contributed by atoms with Crippen molar-refractivity contribution in [2.24, 2.45) is 0 Å². The second kappa shape index (κ2) is 12.3. The average Bonchev–Trinajstić information content (AvgIpc) is 3.95. The molecule has 0 saturated carbocycles. The molecule has 266 valence electrons. The van der Waals surface area contributed by atoms with E-state index in [4.69, 9.17) is 23.8 Å². The van der Waals surface area contributed by atoms with Crippen LogP contribution in [0.3, 0.4) is 0 Å². The molecule has 0 aliphatic carbocycles. The zero-order chi connectivity index (χ0) is 37.5. The Morgan fingerprint density at radius 3 is 1.56 bits per heavy atom. The van der Waals surface area contributed by atoms with Crippen LogP contribution in [0.2, 0.25) is 0 Å². The maximum absolute atomic E-state index is 6.55. The molecule has 4 aromatic heterocycles. The van der Waals surface area contributed by atoms with Crippen LogP contribution < -0.4 is 0 Å². The highest BCUT2D eigenvalue weighted by Gasteiger charge is 2.19. The number of para-hydroxylation sites is 2. The van der Waals surface area contributed by atoms with Crippen LogP contribution in [0.25, 0.3) is 117 Å². The summed E-state index contributed by atoms with van der Waals surface area (Å²) in [6.45, 7) is 0. The Morgan fingerprint density at radius 1 is 0.333 bits per heavy atom. The van der Waals surface area contributed by atoms with E-state index in [-0.39, 0.29) is 0 Å². The first-order chi connectivity index (χ1) is 28.2. The van der Waals surface area contributed by atoms with Gasteiger partial charge >= 0.3 is 0 Å². The molecule has 0 fully saturated rings. The van der Waals surface area contributed by atoms with Crippen molar-refractivity contribution in [3.63, 3.8) is 0 Å². The van der Waals surface area contributed by atoms with Gasteiger partial charge in [0.05, 0.1) is 11.0 Å². The van der Waals surface area contributed by atoms with Crippen molar-refractivity contribution < 1.29 is 8.83 Å². The van der Waals surface area contributed by atoms with E-state index in [0.717, 1.165) is 77.4 Å². The van der Waals surface area contributed by atoms with Crippen molar-refractivity contribution in [1.82, 2.24) is 19.5 Å². The zero-order valence-electron chi connectivity index (χ0n) is 30.4. The highest BCUT2D eigenvalue weighted by Crippen LogP contribution is 2.40. The van der Waals surface area contributed by atoms with Gasteiger partial charge in [-0.05, 0) is 71.8 Å². The maximum Gasteiger partial charge on any atom is 0.164 e. The second-order valence-corrected chi connectivity index (χ2v) is 14.4. The Balaban J connectivity index is 0.955. The first-order valence-corrected chi connectivity index (χ1v) is 19.0. The largest absolute Gasteiger partial charge is 0.456 e. The molecule has 57 heavy (non-hydrogen) atoms. The van der Waals surface area contributed by atoms with Gasteiger partial charge in [-0.15, -0.1) is 0 Å². The lowest BCUT2D eigenvalue weighted by molar-refractivity contribution is 0.668. The molecule has 6 heteroatoms. The standard InChI is InChI=1S/C51H30N4O2/c1-3-12-31(13-4-1)49-52-50(32-14-5-2-6-15-32)54-51(53-49)40-18-11-21-45-48(40)39-26-23-34(29-47(39)57-45)33-22-25-38-41-30-35(24-27-44(41)56-46(38)28-33)55-42-19-9-7-16-36(42)37-17-8-10-20-43(37)55/h1-30H. The van der Waals surface area contributed by atoms with Crippen molar-refractivity contribution in [2.75, 3.05) is 0 Å². The molecule has 8 aromatic carbocycles. The molecule has 0 aliphatic heterocycles. The normalized spacial score (nSPS) is 11.9. The first kappa shape index (κ1) is 31.5. The number of nitrogens with zero attached hydrogens (tertiary/aromatic N) is 4. The number of aromatic nitrogens is 4. The molecular formula is C51H30N4O2. The van der Waals surface area contributed by atoms with Crippen LogP contribution in [0.5, 0.6) is 0 Å². The number of rotatable bonds is 5. The molecular weight excluding hydrogens is 701 g/mol. The van der Waals surface area contributed by atoms with E-state index < -0.39 is 0 Å². The van der Waals surface area contributed by atoms with Crippen LogP contribution >= 0.6 is 0 Å². The van der Waals surface area contributed by atoms with Crippen LogP contribution in [0.15, 0.2) is 191 Å². The van der Waals surface area contributed by atoms with Crippen LogP contribution in [0, 0.1) is 0 Å². The Labute approximate surface area is 325 Å². The predicted molar refractivity (Wildman–Crippen MR) is 230 cm³/mol. The van der Waals surface area contributed by atoms with Crippen LogP contribution in [-0.2, 0) is 0 Å². The van der Waals surface area contributed by atoms with Crippen molar-refractivity contribution in [2.45, 2.75) is 0 Å². The lowest BCUT2D eigenvalue weighted by Gasteiger charge is -2.09. The van der Waals surface area contributed by atoms with E-state index in [9.17, 15) is 0 Å². The lowest BCUT2D eigenvalue weighted by atomic mass is 10.0. The summed E-state index contributed by atoms with van der Waals surface area (Å²) < 4.78 is 15.4. The SMILES string of the molecule is c1ccc(-c2nc(-c3ccccc3)nc(-c3cccc4oc5cc(-c6ccc7c(c6)oc6ccc(-n8c9ccccc9c9ccccc98)cc67)ccc5c34)n2)cc1. The molecule has 0 amide bonds. The van der Waals surface area contributed by atoms with E-state index >= 15 is 0 Å². The molecule has 4 heterocycles. The third-order valence-electron chi connectivity index (χ3n) is 11.1. The fourth-order valence-electron chi connectivity index (χ4n) is 8.41. The Bertz CT molecular complexity index is 3410. The molecule has 0 aliphatic rings. The van der Waals surface area contributed by atoms with Crippen molar-refractivity contribution in [1.29, 1.82) is 0 Å². The molecule has 0 atom stereocenters. The number of hydrogen-bond donors (Lipinski definition) is 0. The summed E-state index contributed by atoms with van der Waals surface area (Å²) in [6.07, 6.45) is 0. The molecule has 12 rings (SSSR count). The van der Waals surface area contributed by atoms with E-state index in [2.05, 4.69) is 114 Å². The molecule has 0 N–H and O–H groups in total. The van der Waals surface area contributed by atoms with Crippen molar-refractivity contribution in [3.05, 3.63) is 182 Å².